The highest BCUT2D eigenvalue weighted by Gasteiger charge is 2.34. The van der Waals surface area contributed by atoms with Crippen molar-refractivity contribution in [3.8, 4) is 0 Å². The van der Waals surface area contributed by atoms with Gasteiger partial charge in [0.2, 0.25) is 0 Å². The Morgan fingerprint density at radius 2 is 1.00 bits per heavy atom. The number of ether oxygens (including phenoxy) is 1. The van der Waals surface area contributed by atoms with Gasteiger partial charge < -0.3 is 4.74 Å². The van der Waals surface area contributed by atoms with Crippen molar-refractivity contribution in [1.82, 2.24) is 0 Å². The highest BCUT2D eigenvalue weighted by Crippen LogP contribution is 2.34. The SMILES string of the molecule is CC1[C@@H](C)[C@H](C)O[C@H](C)[C@H]1C. The lowest BCUT2D eigenvalue weighted by molar-refractivity contribution is -0.116. The summed E-state index contributed by atoms with van der Waals surface area (Å²) >= 11 is 0. The summed E-state index contributed by atoms with van der Waals surface area (Å²) in [6, 6.07) is 0. The summed E-state index contributed by atoms with van der Waals surface area (Å²) in [6.45, 7) is 11.3. The van der Waals surface area contributed by atoms with Crippen LogP contribution in [0.15, 0.2) is 0 Å². The molecular weight excluding hydrogens is 136 g/mol. The quantitative estimate of drug-likeness (QED) is 0.524. The summed E-state index contributed by atoms with van der Waals surface area (Å²) in [5.74, 6) is 2.22. The van der Waals surface area contributed by atoms with Gasteiger partial charge in [0.05, 0.1) is 12.2 Å². The van der Waals surface area contributed by atoms with Gasteiger partial charge in [-0.25, -0.2) is 0 Å². The molecule has 0 saturated carbocycles. The van der Waals surface area contributed by atoms with Gasteiger partial charge in [0.1, 0.15) is 0 Å². The first-order chi connectivity index (χ1) is 5.04. The third-order valence-corrected chi connectivity index (χ3v) is 3.57. The fourth-order valence-corrected chi connectivity index (χ4v) is 1.92. The molecule has 1 saturated heterocycles. The number of rotatable bonds is 0. The summed E-state index contributed by atoms with van der Waals surface area (Å²) in [5.41, 5.74) is 0. The minimum atomic E-state index is 0.441. The Bertz CT molecular complexity index is 119. The Morgan fingerprint density at radius 1 is 0.636 bits per heavy atom. The Labute approximate surface area is 70.1 Å². The van der Waals surface area contributed by atoms with E-state index in [2.05, 4.69) is 34.6 Å². The maximum atomic E-state index is 5.78. The van der Waals surface area contributed by atoms with E-state index in [1.807, 2.05) is 0 Å². The van der Waals surface area contributed by atoms with Crippen LogP contribution in [0.2, 0.25) is 0 Å². The van der Waals surface area contributed by atoms with Gasteiger partial charge in [-0.1, -0.05) is 20.8 Å². The van der Waals surface area contributed by atoms with Crippen molar-refractivity contribution in [1.29, 1.82) is 0 Å². The Kier molecular flexibility index (Phi) is 2.58. The first kappa shape index (κ1) is 9.05. The zero-order valence-electron chi connectivity index (χ0n) is 8.29. The van der Waals surface area contributed by atoms with E-state index in [1.54, 1.807) is 0 Å². The largest absolute Gasteiger partial charge is 0.375 e. The van der Waals surface area contributed by atoms with Crippen LogP contribution in [0.1, 0.15) is 34.6 Å². The molecule has 0 aromatic rings. The van der Waals surface area contributed by atoms with Gasteiger partial charge in [0, 0.05) is 0 Å². The van der Waals surface area contributed by atoms with Crippen molar-refractivity contribution < 1.29 is 4.74 Å². The summed E-state index contributed by atoms with van der Waals surface area (Å²) in [4.78, 5) is 0. The van der Waals surface area contributed by atoms with Gasteiger partial charge in [-0.2, -0.15) is 0 Å². The van der Waals surface area contributed by atoms with Crippen molar-refractivity contribution >= 4 is 0 Å². The molecule has 1 aliphatic heterocycles. The van der Waals surface area contributed by atoms with Crippen LogP contribution in [0.3, 0.4) is 0 Å². The van der Waals surface area contributed by atoms with E-state index in [0.717, 1.165) is 5.92 Å². The van der Waals surface area contributed by atoms with Gasteiger partial charge in [0.15, 0.2) is 0 Å². The monoisotopic (exact) mass is 156 g/mol. The van der Waals surface area contributed by atoms with Crippen LogP contribution in [-0.2, 0) is 4.74 Å². The normalized spacial score (nSPS) is 52.6. The lowest BCUT2D eigenvalue weighted by atomic mass is 9.77. The molecule has 1 rings (SSSR count). The predicted molar refractivity (Wildman–Crippen MR) is 47.5 cm³/mol. The maximum Gasteiger partial charge on any atom is 0.0578 e. The van der Waals surface area contributed by atoms with E-state index in [9.17, 15) is 0 Å². The molecule has 0 spiro atoms. The predicted octanol–water partition coefficient (Wildman–Crippen LogP) is 2.70. The molecule has 5 atom stereocenters. The average Bonchev–Trinajstić information content (AvgIpc) is 1.97. The van der Waals surface area contributed by atoms with Gasteiger partial charge in [-0.15, -0.1) is 0 Å². The van der Waals surface area contributed by atoms with Gasteiger partial charge >= 0.3 is 0 Å². The zero-order chi connectivity index (χ0) is 8.59. The molecule has 0 amide bonds. The molecule has 1 nitrogen and oxygen atoms in total. The first-order valence-corrected chi connectivity index (χ1v) is 4.69. The molecule has 0 radical (unpaired) electrons. The van der Waals surface area contributed by atoms with E-state index in [0.29, 0.717) is 24.0 Å². The number of hydrogen-bond acceptors (Lipinski definition) is 1. The molecule has 0 bridgehead atoms. The molecule has 0 aromatic heterocycles. The van der Waals surface area contributed by atoms with Crippen LogP contribution >= 0.6 is 0 Å². The summed E-state index contributed by atoms with van der Waals surface area (Å²) in [5, 5.41) is 0. The van der Waals surface area contributed by atoms with E-state index in [4.69, 9.17) is 4.74 Å². The van der Waals surface area contributed by atoms with Crippen molar-refractivity contribution in [2.75, 3.05) is 0 Å². The topological polar surface area (TPSA) is 9.23 Å². The highest BCUT2D eigenvalue weighted by molar-refractivity contribution is 4.81. The second kappa shape index (κ2) is 3.14. The molecule has 1 heterocycles. The van der Waals surface area contributed by atoms with Gasteiger partial charge in [-0.05, 0) is 31.6 Å². The fraction of sp³-hybridized carbons (Fsp3) is 1.00. The third kappa shape index (κ3) is 1.58. The summed E-state index contributed by atoms with van der Waals surface area (Å²) in [6.07, 6.45) is 0.882. The zero-order valence-corrected chi connectivity index (χ0v) is 8.29. The highest BCUT2D eigenvalue weighted by atomic mass is 16.5. The molecular formula is C10H20O. The average molecular weight is 156 g/mol. The summed E-state index contributed by atoms with van der Waals surface area (Å²) in [7, 11) is 0. The second-order valence-corrected chi connectivity index (χ2v) is 4.12. The lowest BCUT2D eigenvalue weighted by Crippen LogP contribution is -2.41. The van der Waals surface area contributed by atoms with Crippen LogP contribution in [0.5, 0.6) is 0 Å². The smallest absolute Gasteiger partial charge is 0.0578 e. The molecule has 66 valence electrons. The van der Waals surface area contributed by atoms with E-state index in [1.165, 1.54) is 0 Å². The van der Waals surface area contributed by atoms with E-state index < -0.39 is 0 Å². The van der Waals surface area contributed by atoms with Gasteiger partial charge in [-0.3, -0.25) is 0 Å². The lowest BCUT2D eigenvalue weighted by Gasteiger charge is -2.41. The number of hydrogen-bond donors (Lipinski definition) is 0. The Balaban J connectivity index is 2.63. The van der Waals surface area contributed by atoms with Crippen LogP contribution in [0.4, 0.5) is 0 Å². The maximum absolute atomic E-state index is 5.78. The molecule has 1 fully saturated rings. The van der Waals surface area contributed by atoms with Crippen molar-refractivity contribution in [2.45, 2.75) is 46.8 Å². The molecule has 1 aliphatic rings. The van der Waals surface area contributed by atoms with Crippen LogP contribution in [-0.4, -0.2) is 12.2 Å². The van der Waals surface area contributed by atoms with E-state index >= 15 is 0 Å². The molecule has 1 heteroatoms. The van der Waals surface area contributed by atoms with Crippen LogP contribution in [0.25, 0.3) is 0 Å². The molecule has 0 N–H and O–H groups in total. The minimum absolute atomic E-state index is 0.441. The summed E-state index contributed by atoms with van der Waals surface area (Å²) < 4.78 is 5.78. The standard InChI is InChI=1S/C10H20O/c1-6-7(2)9(4)11-10(5)8(6)3/h6-10H,1-5H3/t6?,7-,8+,9+,10-. The first-order valence-electron chi connectivity index (χ1n) is 4.69. The van der Waals surface area contributed by atoms with Crippen LogP contribution < -0.4 is 0 Å². The Morgan fingerprint density at radius 3 is 1.36 bits per heavy atom. The molecule has 0 aromatic carbocycles. The Hall–Kier alpha value is -0.0400. The van der Waals surface area contributed by atoms with Crippen molar-refractivity contribution in [3.63, 3.8) is 0 Å². The van der Waals surface area contributed by atoms with E-state index in [-0.39, 0.29) is 0 Å². The molecule has 0 aliphatic carbocycles. The third-order valence-electron chi connectivity index (χ3n) is 3.57. The second-order valence-electron chi connectivity index (χ2n) is 4.12. The van der Waals surface area contributed by atoms with Gasteiger partial charge in [0.25, 0.3) is 0 Å². The van der Waals surface area contributed by atoms with Crippen LogP contribution in [0, 0.1) is 17.8 Å². The molecule has 11 heavy (non-hydrogen) atoms. The molecule has 1 unspecified atom stereocenters. The van der Waals surface area contributed by atoms with Crippen molar-refractivity contribution in [2.24, 2.45) is 17.8 Å². The van der Waals surface area contributed by atoms with Crippen molar-refractivity contribution in [3.05, 3.63) is 0 Å². The minimum Gasteiger partial charge on any atom is -0.375 e. The fourth-order valence-electron chi connectivity index (χ4n) is 1.92.